The number of aryl methyl sites for hydroxylation is 2. The quantitative estimate of drug-likeness (QED) is 0.845. The van der Waals surface area contributed by atoms with Gasteiger partial charge in [-0.2, -0.15) is 5.10 Å². The highest BCUT2D eigenvalue weighted by Crippen LogP contribution is 2.23. The highest BCUT2D eigenvalue weighted by Gasteiger charge is 2.03. The zero-order valence-corrected chi connectivity index (χ0v) is 10.9. The van der Waals surface area contributed by atoms with Crippen LogP contribution in [-0.2, 0) is 19.4 Å². The molecule has 0 radical (unpaired) electrons. The molecule has 0 aliphatic carbocycles. The van der Waals surface area contributed by atoms with Gasteiger partial charge in [-0.1, -0.05) is 12.1 Å². The smallest absolute Gasteiger partial charge is 0.0682 e. The molecule has 3 nitrogen and oxygen atoms in total. The molecule has 90 valence electrons. The second-order valence-corrected chi connectivity index (χ2v) is 5.04. The first kappa shape index (κ1) is 12.2. The summed E-state index contributed by atoms with van der Waals surface area (Å²) in [7, 11) is 1.97. The van der Waals surface area contributed by atoms with E-state index in [4.69, 9.17) is 5.11 Å². The third-order valence-corrected chi connectivity index (χ3v) is 3.59. The van der Waals surface area contributed by atoms with E-state index in [1.807, 2.05) is 36.9 Å². The van der Waals surface area contributed by atoms with Gasteiger partial charge >= 0.3 is 0 Å². The van der Waals surface area contributed by atoms with Crippen molar-refractivity contribution in [2.75, 3.05) is 0 Å². The van der Waals surface area contributed by atoms with Crippen molar-refractivity contribution in [3.05, 3.63) is 47.3 Å². The molecule has 0 aliphatic rings. The van der Waals surface area contributed by atoms with Crippen LogP contribution in [0.2, 0.25) is 0 Å². The van der Waals surface area contributed by atoms with Crippen LogP contribution in [0.1, 0.15) is 17.0 Å². The Balaban J connectivity index is 2.04. The summed E-state index contributed by atoms with van der Waals surface area (Å²) in [5.74, 6) is 0.895. The molecule has 0 aliphatic heterocycles. The number of nitrogens with zero attached hydrogens (tertiary/aromatic N) is 2. The number of aliphatic hydroxyl groups excluding tert-OH is 1. The van der Waals surface area contributed by atoms with Crippen molar-refractivity contribution in [2.45, 2.75) is 24.2 Å². The topological polar surface area (TPSA) is 38.0 Å². The summed E-state index contributed by atoms with van der Waals surface area (Å²) in [5.41, 5.74) is 3.21. The van der Waals surface area contributed by atoms with Crippen LogP contribution in [0.3, 0.4) is 0 Å². The minimum absolute atomic E-state index is 0.0964. The Morgan fingerprint density at radius 1 is 1.35 bits per heavy atom. The Bertz CT molecular complexity index is 508. The van der Waals surface area contributed by atoms with E-state index in [1.165, 1.54) is 10.6 Å². The predicted octanol–water partition coefficient (Wildman–Crippen LogP) is 2.51. The summed E-state index contributed by atoms with van der Waals surface area (Å²) in [6.45, 7) is 2.10. The molecule has 2 rings (SSSR count). The Morgan fingerprint density at radius 2 is 2.18 bits per heavy atom. The number of hydrogen-bond donors (Lipinski definition) is 1. The average molecular weight is 248 g/mol. The molecule has 17 heavy (non-hydrogen) atoms. The molecule has 0 bridgehead atoms. The zero-order valence-electron chi connectivity index (χ0n) is 10.1. The summed E-state index contributed by atoms with van der Waals surface area (Å²) < 4.78 is 1.91. The van der Waals surface area contributed by atoms with E-state index in [1.54, 1.807) is 11.8 Å². The fourth-order valence-corrected chi connectivity index (χ4v) is 2.68. The van der Waals surface area contributed by atoms with E-state index in [9.17, 15) is 0 Å². The summed E-state index contributed by atoms with van der Waals surface area (Å²) in [6, 6.07) is 10.1. The van der Waals surface area contributed by atoms with E-state index in [2.05, 4.69) is 17.2 Å². The minimum Gasteiger partial charge on any atom is -0.392 e. The number of aromatic nitrogens is 2. The van der Waals surface area contributed by atoms with Gasteiger partial charge in [0.25, 0.3) is 0 Å². The molecule has 0 saturated heterocycles. The zero-order chi connectivity index (χ0) is 12.3. The van der Waals surface area contributed by atoms with Crippen LogP contribution in [0.25, 0.3) is 0 Å². The monoisotopic (exact) mass is 248 g/mol. The van der Waals surface area contributed by atoms with Crippen LogP contribution >= 0.6 is 11.8 Å². The lowest BCUT2D eigenvalue weighted by atomic mass is 10.2. The number of benzene rings is 1. The first-order valence-electron chi connectivity index (χ1n) is 5.51. The SMILES string of the molecule is Cc1cc(CSc2cccc(CO)c2)n(C)n1. The van der Waals surface area contributed by atoms with Gasteiger partial charge in [-0.05, 0) is 30.7 Å². The number of thioether (sulfide) groups is 1. The third-order valence-electron chi connectivity index (χ3n) is 2.57. The maximum absolute atomic E-state index is 9.07. The summed E-state index contributed by atoms with van der Waals surface area (Å²) in [6.07, 6.45) is 0. The molecule has 0 spiro atoms. The second kappa shape index (κ2) is 5.38. The average Bonchev–Trinajstić information content (AvgIpc) is 2.65. The molecular formula is C13H16N2OS. The molecular weight excluding hydrogens is 232 g/mol. The summed E-state index contributed by atoms with van der Waals surface area (Å²) in [4.78, 5) is 1.18. The van der Waals surface area contributed by atoms with Crippen molar-refractivity contribution in [3.63, 3.8) is 0 Å². The van der Waals surface area contributed by atoms with Gasteiger partial charge in [0.2, 0.25) is 0 Å². The van der Waals surface area contributed by atoms with Gasteiger partial charge in [-0.25, -0.2) is 0 Å². The van der Waals surface area contributed by atoms with Crippen LogP contribution in [-0.4, -0.2) is 14.9 Å². The normalized spacial score (nSPS) is 10.8. The van der Waals surface area contributed by atoms with Gasteiger partial charge in [-0.15, -0.1) is 11.8 Å². The standard InChI is InChI=1S/C13H16N2OS/c1-10-6-12(15(2)14-10)9-17-13-5-3-4-11(7-13)8-16/h3-7,16H,8-9H2,1-2H3. The van der Waals surface area contributed by atoms with Gasteiger partial charge in [0.1, 0.15) is 0 Å². The van der Waals surface area contributed by atoms with Gasteiger partial charge < -0.3 is 5.11 Å². The number of rotatable bonds is 4. The fraction of sp³-hybridized carbons (Fsp3) is 0.308. The highest BCUT2D eigenvalue weighted by atomic mass is 32.2. The molecule has 1 aromatic carbocycles. The van der Waals surface area contributed by atoms with E-state index in [-0.39, 0.29) is 6.61 Å². The van der Waals surface area contributed by atoms with Gasteiger partial charge in [-0.3, -0.25) is 4.68 Å². The van der Waals surface area contributed by atoms with E-state index in [0.717, 1.165) is 17.0 Å². The maximum atomic E-state index is 9.07. The van der Waals surface area contributed by atoms with E-state index < -0.39 is 0 Å². The number of hydrogen-bond acceptors (Lipinski definition) is 3. The predicted molar refractivity (Wildman–Crippen MR) is 69.9 cm³/mol. The first-order chi connectivity index (χ1) is 8.19. The van der Waals surface area contributed by atoms with Crippen molar-refractivity contribution in [1.29, 1.82) is 0 Å². The van der Waals surface area contributed by atoms with E-state index in [0.29, 0.717) is 0 Å². The first-order valence-corrected chi connectivity index (χ1v) is 6.49. The Labute approximate surface area is 105 Å². The van der Waals surface area contributed by atoms with Crippen LogP contribution < -0.4 is 0 Å². The molecule has 0 atom stereocenters. The Kier molecular flexibility index (Phi) is 3.86. The lowest BCUT2D eigenvalue weighted by molar-refractivity contribution is 0.281. The fourth-order valence-electron chi connectivity index (χ4n) is 1.69. The third kappa shape index (κ3) is 3.11. The molecule has 0 saturated carbocycles. The molecule has 0 unspecified atom stereocenters. The van der Waals surface area contributed by atoms with E-state index >= 15 is 0 Å². The largest absolute Gasteiger partial charge is 0.392 e. The van der Waals surface area contributed by atoms with Gasteiger partial charge in [0.05, 0.1) is 12.3 Å². The van der Waals surface area contributed by atoms with Gasteiger partial charge in [0.15, 0.2) is 0 Å². The van der Waals surface area contributed by atoms with Gasteiger partial charge in [0, 0.05) is 23.4 Å². The molecule has 1 N–H and O–H groups in total. The lowest BCUT2D eigenvalue weighted by Crippen LogP contribution is -1.96. The van der Waals surface area contributed by atoms with Crippen LogP contribution in [0, 0.1) is 6.92 Å². The van der Waals surface area contributed by atoms with Crippen molar-refractivity contribution in [2.24, 2.45) is 7.05 Å². The van der Waals surface area contributed by atoms with Crippen molar-refractivity contribution in [1.82, 2.24) is 9.78 Å². The van der Waals surface area contributed by atoms with Crippen molar-refractivity contribution >= 4 is 11.8 Å². The molecule has 4 heteroatoms. The Morgan fingerprint density at radius 3 is 2.82 bits per heavy atom. The van der Waals surface area contributed by atoms with Crippen LogP contribution in [0.5, 0.6) is 0 Å². The highest BCUT2D eigenvalue weighted by molar-refractivity contribution is 7.98. The van der Waals surface area contributed by atoms with Crippen molar-refractivity contribution in [3.8, 4) is 0 Å². The summed E-state index contributed by atoms with van der Waals surface area (Å²) in [5, 5.41) is 13.4. The molecule has 0 amide bonds. The molecule has 2 aromatic rings. The number of aliphatic hydroxyl groups is 1. The van der Waals surface area contributed by atoms with Crippen molar-refractivity contribution < 1.29 is 5.11 Å². The molecule has 0 fully saturated rings. The lowest BCUT2D eigenvalue weighted by Gasteiger charge is -2.04. The second-order valence-electron chi connectivity index (χ2n) is 3.99. The van der Waals surface area contributed by atoms with Crippen LogP contribution in [0.4, 0.5) is 0 Å². The minimum atomic E-state index is 0.0964. The maximum Gasteiger partial charge on any atom is 0.0682 e. The van der Waals surface area contributed by atoms with Crippen LogP contribution in [0.15, 0.2) is 35.2 Å². The molecule has 1 heterocycles. The summed E-state index contributed by atoms with van der Waals surface area (Å²) >= 11 is 1.76. The Hall–Kier alpha value is -1.26. The molecule has 1 aromatic heterocycles.